The van der Waals surface area contributed by atoms with Crippen molar-refractivity contribution in [2.24, 2.45) is 0 Å². The minimum Gasteiger partial charge on any atom is -0.477 e. The van der Waals surface area contributed by atoms with E-state index in [2.05, 4.69) is 4.72 Å². The van der Waals surface area contributed by atoms with Gasteiger partial charge in [0.15, 0.2) is 0 Å². The number of carboxylic acid groups (broad SMARTS) is 1. The Morgan fingerprint density at radius 2 is 2.05 bits per heavy atom. The molecule has 1 aliphatic rings. The average molecular weight is 318 g/mol. The molecule has 0 aromatic carbocycles. The molecule has 0 spiro atoms. The van der Waals surface area contributed by atoms with E-state index in [1.54, 1.807) is 0 Å². The Morgan fingerprint density at radius 3 is 2.60 bits per heavy atom. The molecular formula is C11H14N2O5S2. The summed E-state index contributed by atoms with van der Waals surface area (Å²) in [6, 6.07) is 2.59. The molecule has 0 radical (unpaired) electrons. The molecule has 9 heteroatoms. The third-order valence-electron chi connectivity index (χ3n) is 2.88. The van der Waals surface area contributed by atoms with E-state index in [0.717, 1.165) is 17.6 Å². The molecule has 1 amide bonds. The Morgan fingerprint density at radius 1 is 1.40 bits per heavy atom. The van der Waals surface area contributed by atoms with E-state index in [0.29, 0.717) is 24.4 Å². The Kier molecular flexibility index (Phi) is 4.11. The molecule has 20 heavy (non-hydrogen) atoms. The van der Waals surface area contributed by atoms with Crippen molar-refractivity contribution in [3.8, 4) is 0 Å². The Labute approximate surface area is 120 Å². The van der Waals surface area contributed by atoms with Gasteiger partial charge in [-0.05, 0) is 18.6 Å². The lowest BCUT2D eigenvalue weighted by Crippen LogP contribution is -2.37. The van der Waals surface area contributed by atoms with Gasteiger partial charge in [-0.1, -0.05) is 0 Å². The van der Waals surface area contributed by atoms with E-state index < -0.39 is 16.0 Å². The molecule has 0 saturated carbocycles. The second-order valence-electron chi connectivity index (χ2n) is 4.60. The van der Waals surface area contributed by atoms with Crippen molar-refractivity contribution in [1.29, 1.82) is 0 Å². The first-order valence-electron chi connectivity index (χ1n) is 5.86. The van der Waals surface area contributed by atoms with Crippen LogP contribution in [0.5, 0.6) is 0 Å². The van der Waals surface area contributed by atoms with E-state index in [-0.39, 0.29) is 16.8 Å². The first-order chi connectivity index (χ1) is 9.26. The Hall–Kier alpha value is -1.45. The molecule has 110 valence electrons. The Bertz CT molecular complexity index is 637. The maximum absolute atomic E-state index is 12.2. The molecule has 1 atom stereocenters. The van der Waals surface area contributed by atoms with Crippen molar-refractivity contribution < 1.29 is 23.1 Å². The summed E-state index contributed by atoms with van der Waals surface area (Å²) < 4.78 is 24.7. The van der Waals surface area contributed by atoms with Gasteiger partial charge in [-0.15, -0.1) is 11.3 Å². The fraction of sp³-hybridized carbons (Fsp3) is 0.455. The summed E-state index contributed by atoms with van der Waals surface area (Å²) in [5.74, 6) is -1.33. The van der Waals surface area contributed by atoms with Gasteiger partial charge in [-0.3, -0.25) is 4.79 Å². The van der Waals surface area contributed by atoms with Crippen LogP contribution in [0.25, 0.3) is 0 Å². The highest BCUT2D eigenvalue weighted by Gasteiger charge is 2.29. The van der Waals surface area contributed by atoms with Gasteiger partial charge in [0.05, 0.1) is 11.1 Å². The summed E-state index contributed by atoms with van der Waals surface area (Å²) in [7, 11) is -3.29. The van der Waals surface area contributed by atoms with E-state index >= 15 is 0 Å². The average Bonchev–Trinajstić information content (AvgIpc) is 2.93. The first kappa shape index (κ1) is 14.9. The van der Waals surface area contributed by atoms with Crippen molar-refractivity contribution in [2.75, 3.05) is 19.3 Å². The van der Waals surface area contributed by atoms with Gasteiger partial charge < -0.3 is 10.0 Å². The lowest BCUT2D eigenvalue weighted by molar-refractivity contribution is 0.0701. The number of carbonyl (C=O) groups is 2. The number of carbonyl (C=O) groups excluding carboxylic acids is 1. The number of aromatic carboxylic acids is 1. The first-order valence-corrected chi connectivity index (χ1v) is 8.57. The maximum Gasteiger partial charge on any atom is 0.345 e. The summed E-state index contributed by atoms with van der Waals surface area (Å²) in [5.41, 5.74) is 0. The van der Waals surface area contributed by atoms with Crippen LogP contribution in [0.1, 0.15) is 25.8 Å². The number of carboxylic acids is 1. The molecule has 1 fully saturated rings. The topological polar surface area (TPSA) is 104 Å². The zero-order valence-electron chi connectivity index (χ0n) is 10.7. The van der Waals surface area contributed by atoms with Crippen LogP contribution in [-0.2, 0) is 10.0 Å². The largest absolute Gasteiger partial charge is 0.477 e. The van der Waals surface area contributed by atoms with Crippen molar-refractivity contribution in [3.05, 3.63) is 21.9 Å². The maximum atomic E-state index is 12.2. The van der Waals surface area contributed by atoms with Crippen molar-refractivity contribution in [1.82, 2.24) is 9.62 Å². The van der Waals surface area contributed by atoms with E-state index in [1.165, 1.54) is 17.0 Å². The zero-order chi connectivity index (χ0) is 14.9. The lowest BCUT2D eigenvalue weighted by atomic mass is 10.3. The summed E-state index contributed by atoms with van der Waals surface area (Å²) in [6.45, 7) is 0.749. The standard InChI is InChI=1S/C11H14N2O5S2/c1-20(17,18)12-7-4-5-13(6-7)10(14)8-2-3-9(19-8)11(15)16/h2-3,7,12H,4-6H2,1H3,(H,15,16)/t7-/m0/s1. The Balaban J connectivity index is 2.02. The molecule has 1 aliphatic heterocycles. The highest BCUT2D eigenvalue weighted by Crippen LogP contribution is 2.21. The molecule has 1 aromatic heterocycles. The van der Waals surface area contributed by atoms with Crippen LogP contribution < -0.4 is 4.72 Å². The number of nitrogens with one attached hydrogen (secondary N) is 1. The number of sulfonamides is 1. The number of rotatable bonds is 4. The molecular weight excluding hydrogens is 304 g/mol. The number of hydrogen-bond donors (Lipinski definition) is 2. The molecule has 0 aliphatic carbocycles. The van der Waals surface area contributed by atoms with Crippen LogP contribution in [0.4, 0.5) is 0 Å². The molecule has 1 saturated heterocycles. The van der Waals surface area contributed by atoms with Crippen LogP contribution >= 0.6 is 11.3 Å². The minimum absolute atomic E-state index is 0.110. The smallest absolute Gasteiger partial charge is 0.345 e. The number of likely N-dealkylation sites (tertiary alicyclic amines) is 1. The number of hydrogen-bond acceptors (Lipinski definition) is 5. The van der Waals surface area contributed by atoms with Crippen LogP contribution in [0, 0.1) is 0 Å². The quantitative estimate of drug-likeness (QED) is 0.826. The molecule has 7 nitrogen and oxygen atoms in total. The van der Waals surface area contributed by atoms with Crippen molar-refractivity contribution in [2.45, 2.75) is 12.5 Å². The lowest BCUT2D eigenvalue weighted by Gasteiger charge is -2.15. The summed E-state index contributed by atoms with van der Waals surface area (Å²) in [6.07, 6.45) is 1.63. The monoisotopic (exact) mass is 318 g/mol. The van der Waals surface area contributed by atoms with Gasteiger partial charge in [-0.2, -0.15) is 0 Å². The minimum atomic E-state index is -3.29. The number of nitrogens with zero attached hydrogens (tertiary/aromatic N) is 1. The number of thiophene rings is 1. The van der Waals surface area contributed by atoms with Gasteiger partial charge in [0.1, 0.15) is 4.88 Å². The molecule has 2 N–H and O–H groups in total. The van der Waals surface area contributed by atoms with Crippen LogP contribution in [0.2, 0.25) is 0 Å². The van der Waals surface area contributed by atoms with Gasteiger partial charge in [0.25, 0.3) is 5.91 Å². The molecule has 0 unspecified atom stereocenters. The highest BCUT2D eigenvalue weighted by molar-refractivity contribution is 7.88. The fourth-order valence-electron chi connectivity index (χ4n) is 2.07. The van der Waals surface area contributed by atoms with E-state index in [9.17, 15) is 18.0 Å². The van der Waals surface area contributed by atoms with Crippen molar-refractivity contribution >= 4 is 33.2 Å². The van der Waals surface area contributed by atoms with Gasteiger partial charge in [0.2, 0.25) is 10.0 Å². The fourth-order valence-corrected chi connectivity index (χ4v) is 3.68. The predicted molar refractivity (Wildman–Crippen MR) is 73.6 cm³/mol. The van der Waals surface area contributed by atoms with Crippen LogP contribution in [0.3, 0.4) is 0 Å². The summed E-state index contributed by atoms with van der Waals surface area (Å²) >= 11 is 0.921. The normalized spacial score (nSPS) is 19.2. The van der Waals surface area contributed by atoms with Crippen LogP contribution in [0.15, 0.2) is 12.1 Å². The predicted octanol–water partition coefficient (Wildman–Crippen LogP) is 0.210. The van der Waals surface area contributed by atoms with Gasteiger partial charge in [0, 0.05) is 19.1 Å². The second kappa shape index (κ2) is 5.51. The molecule has 0 bridgehead atoms. The number of amides is 1. The van der Waals surface area contributed by atoms with Gasteiger partial charge in [-0.25, -0.2) is 17.9 Å². The second-order valence-corrected chi connectivity index (χ2v) is 7.46. The van der Waals surface area contributed by atoms with Crippen LogP contribution in [-0.4, -0.2) is 55.7 Å². The van der Waals surface area contributed by atoms with Gasteiger partial charge >= 0.3 is 5.97 Å². The summed E-state index contributed by atoms with van der Waals surface area (Å²) in [5, 5.41) is 8.82. The highest BCUT2D eigenvalue weighted by atomic mass is 32.2. The van der Waals surface area contributed by atoms with Crippen molar-refractivity contribution in [3.63, 3.8) is 0 Å². The molecule has 1 aromatic rings. The van der Waals surface area contributed by atoms with E-state index in [4.69, 9.17) is 5.11 Å². The zero-order valence-corrected chi connectivity index (χ0v) is 12.3. The SMILES string of the molecule is CS(=O)(=O)N[C@H]1CCN(C(=O)c2ccc(C(=O)O)s2)C1. The molecule has 2 rings (SSSR count). The third-order valence-corrected chi connectivity index (χ3v) is 4.71. The summed E-state index contributed by atoms with van der Waals surface area (Å²) in [4.78, 5) is 24.9. The third kappa shape index (κ3) is 3.56. The molecule has 2 heterocycles. The van der Waals surface area contributed by atoms with E-state index in [1.807, 2.05) is 0 Å².